The number of imidazole rings is 1. The van der Waals surface area contributed by atoms with Crippen LogP contribution in [0.5, 0.6) is 5.75 Å². The average Bonchev–Trinajstić information content (AvgIpc) is 3.19. The summed E-state index contributed by atoms with van der Waals surface area (Å²) in [4.78, 5) is 20.5. The maximum atomic E-state index is 11.6. The van der Waals surface area contributed by atoms with E-state index in [2.05, 4.69) is 9.97 Å². The van der Waals surface area contributed by atoms with Crippen molar-refractivity contribution < 1.29 is 15.0 Å². The highest BCUT2D eigenvalue weighted by molar-refractivity contribution is 7.16. The second-order valence-corrected chi connectivity index (χ2v) is 6.11. The monoisotopic (exact) mass is 337 g/mol. The molecule has 0 aliphatic carbocycles. The predicted molar refractivity (Wildman–Crippen MR) is 90.8 cm³/mol. The Kier molecular flexibility index (Phi) is 3.28. The number of benzene rings is 2. The van der Waals surface area contributed by atoms with Gasteiger partial charge in [0.15, 0.2) is 5.13 Å². The summed E-state index contributed by atoms with van der Waals surface area (Å²) in [7, 11) is 0. The molecule has 118 valence electrons. The predicted octanol–water partition coefficient (Wildman–Crippen LogP) is 3.55. The molecule has 2 N–H and O–H groups in total. The van der Waals surface area contributed by atoms with Gasteiger partial charge in [-0.2, -0.15) is 0 Å². The van der Waals surface area contributed by atoms with Gasteiger partial charge in [-0.3, -0.25) is 4.57 Å². The molecule has 0 atom stereocenters. The smallest absolute Gasteiger partial charge is 0.348 e. The first kappa shape index (κ1) is 14.4. The molecule has 2 heterocycles. The second-order valence-electron chi connectivity index (χ2n) is 5.13. The van der Waals surface area contributed by atoms with E-state index in [1.807, 2.05) is 30.3 Å². The SMILES string of the molecule is O=C(O)c1sc(-n2cnc3cc(O)ccc32)nc1-c1ccccc1. The zero-order chi connectivity index (χ0) is 16.7. The van der Waals surface area contributed by atoms with E-state index in [0.717, 1.165) is 22.4 Å². The van der Waals surface area contributed by atoms with Crippen LogP contribution in [0.1, 0.15) is 9.67 Å². The zero-order valence-electron chi connectivity index (χ0n) is 12.2. The topological polar surface area (TPSA) is 88.2 Å². The molecule has 0 aliphatic rings. The molecular formula is C17H11N3O3S. The summed E-state index contributed by atoms with van der Waals surface area (Å²) >= 11 is 1.09. The van der Waals surface area contributed by atoms with Gasteiger partial charge < -0.3 is 10.2 Å². The molecule has 0 radical (unpaired) electrons. The summed E-state index contributed by atoms with van der Waals surface area (Å²) in [6.45, 7) is 0. The first-order valence-corrected chi connectivity index (χ1v) is 7.91. The lowest BCUT2D eigenvalue weighted by atomic mass is 10.1. The number of phenolic OH excluding ortho intramolecular Hbond substituents is 1. The second kappa shape index (κ2) is 5.47. The third-order valence-electron chi connectivity index (χ3n) is 3.59. The van der Waals surface area contributed by atoms with Crippen LogP contribution in [0.2, 0.25) is 0 Å². The minimum absolute atomic E-state index is 0.128. The van der Waals surface area contributed by atoms with Crippen molar-refractivity contribution in [2.24, 2.45) is 0 Å². The van der Waals surface area contributed by atoms with Gasteiger partial charge in [0.25, 0.3) is 0 Å². The third kappa shape index (κ3) is 2.31. The number of fused-ring (bicyclic) bond motifs is 1. The number of aromatic hydroxyl groups is 1. The highest BCUT2D eigenvalue weighted by Gasteiger charge is 2.20. The largest absolute Gasteiger partial charge is 0.508 e. The maximum Gasteiger partial charge on any atom is 0.348 e. The number of hydrogen-bond donors (Lipinski definition) is 2. The van der Waals surface area contributed by atoms with Crippen LogP contribution in [0.15, 0.2) is 54.9 Å². The molecule has 0 fully saturated rings. The van der Waals surface area contributed by atoms with E-state index < -0.39 is 5.97 Å². The number of phenols is 1. The Labute approximate surface area is 140 Å². The molecule has 4 aromatic rings. The number of carboxylic acids is 1. The molecular weight excluding hydrogens is 326 g/mol. The van der Waals surface area contributed by atoms with Crippen molar-refractivity contribution >= 4 is 28.3 Å². The number of aromatic carboxylic acids is 1. The minimum Gasteiger partial charge on any atom is -0.508 e. The van der Waals surface area contributed by atoms with Crippen LogP contribution in [-0.4, -0.2) is 30.7 Å². The van der Waals surface area contributed by atoms with Crippen molar-refractivity contribution in [1.29, 1.82) is 0 Å². The molecule has 0 unspecified atom stereocenters. The Bertz CT molecular complexity index is 1050. The number of thiazole rings is 1. The van der Waals surface area contributed by atoms with Gasteiger partial charge in [0, 0.05) is 11.6 Å². The van der Waals surface area contributed by atoms with Gasteiger partial charge in [0.05, 0.1) is 16.7 Å². The minimum atomic E-state index is -1.01. The molecule has 0 bridgehead atoms. The average molecular weight is 337 g/mol. The molecule has 2 aromatic heterocycles. The standard InChI is InChI=1S/C17H11N3O3S/c21-11-6-7-13-12(8-11)18-9-20(13)17-19-14(15(24-17)16(22)23)10-4-2-1-3-5-10/h1-9,21H,(H,22,23). The molecule has 0 saturated carbocycles. The van der Waals surface area contributed by atoms with Gasteiger partial charge in [0.2, 0.25) is 0 Å². The molecule has 24 heavy (non-hydrogen) atoms. The van der Waals surface area contributed by atoms with E-state index in [1.165, 1.54) is 0 Å². The summed E-state index contributed by atoms with van der Waals surface area (Å²) in [5.74, 6) is -0.886. The van der Waals surface area contributed by atoms with Crippen molar-refractivity contribution in [3.63, 3.8) is 0 Å². The Hall–Kier alpha value is -3.19. The van der Waals surface area contributed by atoms with Crippen molar-refractivity contribution in [1.82, 2.24) is 14.5 Å². The summed E-state index contributed by atoms with van der Waals surface area (Å²) in [6.07, 6.45) is 1.57. The molecule has 0 saturated heterocycles. The van der Waals surface area contributed by atoms with E-state index in [1.54, 1.807) is 29.1 Å². The van der Waals surface area contributed by atoms with Crippen LogP contribution in [0, 0.1) is 0 Å². The number of hydrogen-bond acceptors (Lipinski definition) is 5. The van der Waals surface area contributed by atoms with E-state index in [9.17, 15) is 15.0 Å². The fourth-order valence-electron chi connectivity index (χ4n) is 2.50. The van der Waals surface area contributed by atoms with Crippen molar-refractivity contribution in [2.45, 2.75) is 0 Å². The lowest BCUT2D eigenvalue weighted by molar-refractivity contribution is 0.0702. The molecule has 0 spiro atoms. The fraction of sp³-hybridized carbons (Fsp3) is 0. The van der Waals surface area contributed by atoms with Gasteiger partial charge in [0.1, 0.15) is 17.0 Å². The van der Waals surface area contributed by atoms with Gasteiger partial charge >= 0.3 is 5.97 Å². The quantitative estimate of drug-likeness (QED) is 0.597. The maximum absolute atomic E-state index is 11.6. The lowest BCUT2D eigenvalue weighted by Gasteiger charge is -1.99. The van der Waals surface area contributed by atoms with Crippen LogP contribution in [0.25, 0.3) is 27.4 Å². The fourth-order valence-corrected chi connectivity index (χ4v) is 3.41. The van der Waals surface area contributed by atoms with Crippen LogP contribution in [-0.2, 0) is 0 Å². The molecule has 4 rings (SSSR count). The first-order chi connectivity index (χ1) is 11.6. The van der Waals surface area contributed by atoms with E-state index in [0.29, 0.717) is 16.3 Å². The van der Waals surface area contributed by atoms with Gasteiger partial charge in [-0.15, -0.1) is 0 Å². The van der Waals surface area contributed by atoms with Gasteiger partial charge in [-0.1, -0.05) is 41.7 Å². The van der Waals surface area contributed by atoms with E-state index in [4.69, 9.17) is 0 Å². The molecule has 7 heteroatoms. The number of carboxylic acid groups (broad SMARTS) is 1. The van der Waals surface area contributed by atoms with Crippen LogP contribution >= 0.6 is 11.3 Å². The van der Waals surface area contributed by atoms with Crippen molar-refractivity contribution in [3.8, 4) is 22.1 Å². The van der Waals surface area contributed by atoms with E-state index >= 15 is 0 Å². The molecule has 2 aromatic carbocycles. The zero-order valence-corrected chi connectivity index (χ0v) is 13.1. The normalized spacial score (nSPS) is 11.0. The Balaban J connectivity index is 1.91. The highest BCUT2D eigenvalue weighted by Crippen LogP contribution is 2.32. The van der Waals surface area contributed by atoms with Crippen LogP contribution < -0.4 is 0 Å². The molecule has 0 aliphatic heterocycles. The summed E-state index contributed by atoms with van der Waals surface area (Å²) in [6, 6.07) is 14.0. The van der Waals surface area contributed by atoms with Crippen molar-refractivity contribution in [3.05, 3.63) is 59.7 Å². The number of nitrogens with zero attached hydrogens (tertiary/aromatic N) is 3. The highest BCUT2D eigenvalue weighted by atomic mass is 32.1. The number of aromatic nitrogens is 3. The molecule has 6 nitrogen and oxygen atoms in total. The number of carbonyl (C=O) groups is 1. The van der Waals surface area contributed by atoms with Gasteiger partial charge in [-0.05, 0) is 12.1 Å². The summed E-state index contributed by atoms with van der Waals surface area (Å²) < 4.78 is 1.72. The Morgan fingerprint density at radius 3 is 2.67 bits per heavy atom. The van der Waals surface area contributed by atoms with E-state index in [-0.39, 0.29) is 10.6 Å². The molecule has 0 amide bonds. The third-order valence-corrected chi connectivity index (χ3v) is 4.64. The van der Waals surface area contributed by atoms with Crippen LogP contribution in [0.4, 0.5) is 0 Å². The Morgan fingerprint density at radius 1 is 1.12 bits per heavy atom. The van der Waals surface area contributed by atoms with Crippen LogP contribution in [0.3, 0.4) is 0 Å². The Morgan fingerprint density at radius 2 is 1.92 bits per heavy atom. The van der Waals surface area contributed by atoms with Gasteiger partial charge in [-0.25, -0.2) is 14.8 Å². The van der Waals surface area contributed by atoms with Crippen molar-refractivity contribution in [2.75, 3.05) is 0 Å². The first-order valence-electron chi connectivity index (χ1n) is 7.09. The summed E-state index contributed by atoms with van der Waals surface area (Å²) in [5.41, 5.74) is 2.55. The number of rotatable bonds is 3. The lowest BCUT2D eigenvalue weighted by Crippen LogP contribution is -1.95. The summed E-state index contributed by atoms with van der Waals surface area (Å²) in [5, 5.41) is 19.6.